The van der Waals surface area contributed by atoms with Crippen LogP contribution in [-0.4, -0.2) is 20.3 Å². The molecule has 0 aliphatic carbocycles. The van der Waals surface area contributed by atoms with Crippen LogP contribution in [0, 0.1) is 6.92 Å². The molecule has 0 radical (unpaired) electrons. The topological polar surface area (TPSA) is 39.7 Å². The van der Waals surface area contributed by atoms with Gasteiger partial charge in [-0.15, -0.1) is 0 Å². The van der Waals surface area contributed by atoms with Crippen molar-refractivity contribution < 1.29 is 14.2 Å². The molecule has 3 rings (SSSR count). The summed E-state index contributed by atoms with van der Waals surface area (Å²) in [6.07, 6.45) is 0. The minimum atomic E-state index is 0.560. The van der Waals surface area contributed by atoms with Crippen molar-refractivity contribution in [2.45, 2.75) is 13.5 Å². The van der Waals surface area contributed by atoms with E-state index in [4.69, 9.17) is 14.2 Å². The molecule has 1 aliphatic heterocycles. The minimum Gasteiger partial charge on any atom is -0.493 e. The second kappa shape index (κ2) is 5.95. The fourth-order valence-electron chi connectivity index (χ4n) is 2.40. The molecule has 110 valence electrons. The van der Waals surface area contributed by atoms with Crippen molar-refractivity contribution in [1.82, 2.24) is 0 Å². The molecule has 0 spiro atoms. The van der Waals surface area contributed by atoms with Crippen molar-refractivity contribution >= 4 is 5.69 Å². The van der Waals surface area contributed by atoms with Crippen LogP contribution in [-0.2, 0) is 6.54 Å². The smallest absolute Gasteiger partial charge is 0.203 e. The summed E-state index contributed by atoms with van der Waals surface area (Å²) in [5.41, 5.74) is 3.45. The molecule has 0 bridgehead atoms. The van der Waals surface area contributed by atoms with Gasteiger partial charge in [-0.2, -0.15) is 0 Å². The Kier molecular flexibility index (Phi) is 3.86. The summed E-state index contributed by atoms with van der Waals surface area (Å²) >= 11 is 0. The Morgan fingerprint density at radius 3 is 2.76 bits per heavy atom. The first-order chi connectivity index (χ1) is 10.3. The van der Waals surface area contributed by atoms with Gasteiger partial charge >= 0.3 is 0 Å². The second-order valence-electron chi connectivity index (χ2n) is 4.99. The Bertz CT molecular complexity index is 623. The predicted molar refractivity (Wildman–Crippen MR) is 82.5 cm³/mol. The van der Waals surface area contributed by atoms with E-state index >= 15 is 0 Å². The maximum absolute atomic E-state index is 5.65. The molecule has 0 saturated heterocycles. The van der Waals surface area contributed by atoms with Gasteiger partial charge in [0, 0.05) is 12.2 Å². The van der Waals surface area contributed by atoms with Crippen LogP contribution in [0.2, 0.25) is 0 Å². The van der Waals surface area contributed by atoms with E-state index in [1.54, 1.807) is 7.11 Å². The quantitative estimate of drug-likeness (QED) is 0.934. The van der Waals surface area contributed by atoms with E-state index in [1.807, 2.05) is 24.3 Å². The minimum absolute atomic E-state index is 0.560. The lowest BCUT2D eigenvalue weighted by Crippen LogP contribution is -2.16. The van der Waals surface area contributed by atoms with Crippen LogP contribution in [0.15, 0.2) is 36.4 Å². The number of nitrogens with one attached hydrogen (secondary N) is 1. The van der Waals surface area contributed by atoms with E-state index in [0.717, 1.165) is 17.0 Å². The number of anilines is 1. The zero-order chi connectivity index (χ0) is 14.7. The highest BCUT2D eigenvalue weighted by atomic mass is 16.6. The van der Waals surface area contributed by atoms with Crippen molar-refractivity contribution in [3.63, 3.8) is 0 Å². The molecular formula is C17H19NO3. The van der Waals surface area contributed by atoms with Gasteiger partial charge in [-0.3, -0.25) is 0 Å². The summed E-state index contributed by atoms with van der Waals surface area (Å²) in [5, 5.41) is 3.44. The van der Waals surface area contributed by atoms with Gasteiger partial charge in [0.2, 0.25) is 5.75 Å². The molecular weight excluding hydrogens is 266 g/mol. The van der Waals surface area contributed by atoms with Gasteiger partial charge in [0.25, 0.3) is 0 Å². The van der Waals surface area contributed by atoms with Crippen LogP contribution in [0.3, 0.4) is 0 Å². The predicted octanol–water partition coefficient (Wildman–Crippen LogP) is 3.39. The number of hydrogen-bond acceptors (Lipinski definition) is 4. The fourth-order valence-corrected chi connectivity index (χ4v) is 2.40. The van der Waals surface area contributed by atoms with Gasteiger partial charge in [-0.1, -0.05) is 18.2 Å². The molecule has 1 aliphatic rings. The SMILES string of the molecule is COc1cc(CNc2ccccc2C)cc2c1OCCO2. The molecule has 2 aromatic rings. The van der Waals surface area contributed by atoms with E-state index in [9.17, 15) is 0 Å². The van der Waals surface area contributed by atoms with Crippen LogP contribution in [0.5, 0.6) is 17.2 Å². The van der Waals surface area contributed by atoms with Crippen molar-refractivity contribution in [3.8, 4) is 17.2 Å². The highest BCUT2D eigenvalue weighted by Gasteiger charge is 2.18. The summed E-state index contributed by atoms with van der Waals surface area (Å²) in [6.45, 7) is 3.93. The summed E-state index contributed by atoms with van der Waals surface area (Å²) in [5.74, 6) is 2.17. The summed E-state index contributed by atoms with van der Waals surface area (Å²) in [6, 6.07) is 12.2. The third-order valence-electron chi connectivity index (χ3n) is 3.52. The Labute approximate surface area is 124 Å². The zero-order valence-electron chi connectivity index (χ0n) is 12.3. The molecule has 0 fully saturated rings. The molecule has 0 unspecified atom stereocenters. The van der Waals surface area contributed by atoms with Crippen molar-refractivity contribution in [3.05, 3.63) is 47.5 Å². The molecule has 1 heterocycles. The van der Waals surface area contributed by atoms with Crippen LogP contribution in [0.4, 0.5) is 5.69 Å². The molecule has 2 aromatic carbocycles. The molecule has 21 heavy (non-hydrogen) atoms. The van der Waals surface area contributed by atoms with Gasteiger partial charge < -0.3 is 19.5 Å². The lowest BCUT2D eigenvalue weighted by atomic mass is 10.1. The standard InChI is InChI=1S/C17H19NO3/c1-12-5-3-4-6-14(12)18-11-13-9-15(19-2)17-16(10-13)20-7-8-21-17/h3-6,9-10,18H,7-8,11H2,1-2H3. The van der Waals surface area contributed by atoms with E-state index < -0.39 is 0 Å². The molecule has 4 heteroatoms. The van der Waals surface area contributed by atoms with E-state index in [2.05, 4.69) is 24.4 Å². The lowest BCUT2D eigenvalue weighted by Gasteiger charge is -2.21. The van der Waals surface area contributed by atoms with Gasteiger partial charge in [-0.05, 0) is 36.2 Å². The number of benzene rings is 2. The Hall–Kier alpha value is -2.36. The maximum Gasteiger partial charge on any atom is 0.203 e. The number of methoxy groups -OCH3 is 1. The van der Waals surface area contributed by atoms with Crippen LogP contribution in [0.25, 0.3) is 0 Å². The van der Waals surface area contributed by atoms with E-state index in [1.165, 1.54) is 5.56 Å². The van der Waals surface area contributed by atoms with Gasteiger partial charge in [0.15, 0.2) is 11.5 Å². The highest BCUT2D eigenvalue weighted by molar-refractivity contribution is 5.56. The molecule has 1 N–H and O–H groups in total. The normalized spacial score (nSPS) is 12.9. The highest BCUT2D eigenvalue weighted by Crippen LogP contribution is 2.40. The lowest BCUT2D eigenvalue weighted by molar-refractivity contribution is 0.165. The average Bonchev–Trinajstić information content (AvgIpc) is 2.53. The number of ether oxygens (including phenoxy) is 3. The monoisotopic (exact) mass is 285 g/mol. The van der Waals surface area contributed by atoms with Crippen LogP contribution >= 0.6 is 0 Å². The van der Waals surface area contributed by atoms with Crippen molar-refractivity contribution in [1.29, 1.82) is 0 Å². The number of fused-ring (bicyclic) bond motifs is 1. The molecule has 0 aromatic heterocycles. The first kappa shape index (κ1) is 13.6. The largest absolute Gasteiger partial charge is 0.493 e. The molecule has 4 nitrogen and oxygen atoms in total. The van der Waals surface area contributed by atoms with E-state index in [-0.39, 0.29) is 0 Å². The summed E-state index contributed by atoms with van der Waals surface area (Å²) in [4.78, 5) is 0. The fraction of sp³-hybridized carbons (Fsp3) is 0.294. The number of rotatable bonds is 4. The van der Waals surface area contributed by atoms with Gasteiger partial charge in [0.05, 0.1) is 7.11 Å². The van der Waals surface area contributed by atoms with Crippen LogP contribution < -0.4 is 19.5 Å². The Morgan fingerprint density at radius 2 is 1.95 bits per heavy atom. The molecule has 0 atom stereocenters. The number of aryl methyl sites for hydroxylation is 1. The third-order valence-corrected chi connectivity index (χ3v) is 3.52. The third kappa shape index (κ3) is 2.89. The first-order valence-corrected chi connectivity index (χ1v) is 7.04. The Morgan fingerprint density at radius 1 is 1.14 bits per heavy atom. The summed E-state index contributed by atoms with van der Waals surface area (Å²) in [7, 11) is 1.64. The summed E-state index contributed by atoms with van der Waals surface area (Å²) < 4.78 is 16.7. The van der Waals surface area contributed by atoms with Gasteiger partial charge in [0.1, 0.15) is 13.2 Å². The first-order valence-electron chi connectivity index (χ1n) is 7.04. The molecule has 0 amide bonds. The van der Waals surface area contributed by atoms with Crippen molar-refractivity contribution in [2.24, 2.45) is 0 Å². The molecule has 0 saturated carbocycles. The number of hydrogen-bond donors (Lipinski definition) is 1. The Balaban J connectivity index is 1.81. The van der Waals surface area contributed by atoms with Crippen molar-refractivity contribution in [2.75, 3.05) is 25.6 Å². The number of para-hydroxylation sites is 1. The maximum atomic E-state index is 5.65. The van der Waals surface area contributed by atoms with E-state index in [0.29, 0.717) is 31.3 Å². The zero-order valence-corrected chi connectivity index (χ0v) is 12.3. The van der Waals surface area contributed by atoms with Gasteiger partial charge in [-0.25, -0.2) is 0 Å². The van der Waals surface area contributed by atoms with Crippen LogP contribution in [0.1, 0.15) is 11.1 Å². The average molecular weight is 285 g/mol. The second-order valence-corrected chi connectivity index (χ2v) is 4.99.